The van der Waals surface area contributed by atoms with E-state index < -0.39 is 5.41 Å². The Bertz CT molecular complexity index is 4150. The van der Waals surface area contributed by atoms with E-state index in [1.165, 1.54) is 77.2 Å². The first-order valence-electron chi connectivity index (χ1n) is 26.3. The molecule has 0 saturated carbocycles. The second-order valence-electron chi connectivity index (χ2n) is 19.8. The number of anilines is 3. The Morgan fingerprint density at radius 2 is 0.658 bits per heavy atom. The standard InChI is InChI=1S/C75H51N/c1-7-26-52(27-8-1)61-43-24-44-62(53-28-9-2-10-29-53)74(61)76(70-47-25-46-69-73(70)66-42-21-22-45-68(66)75(69,58-35-15-5-16-36-58)59-37-17-6-18-38-59)60-39-23-34-56(50-60)57-48-49-64-63-40-19-20-41-65(63)71(54-30-11-3-12-31-54)72(67(64)51-57)55-32-13-4-14-33-55/h1-51H. The van der Waals surface area contributed by atoms with Gasteiger partial charge in [0.2, 0.25) is 0 Å². The quantitative estimate of drug-likeness (QED) is 0.123. The van der Waals surface area contributed by atoms with Crippen molar-refractivity contribution in [3.8, 4) is 66.8 Å². The summed E-state index contributed by atoms with van der Waals surface area (Å²) < 4.78 is 0. The number of para-hydroxylation sites is 1. The van der Waals surface area contributed by atoms with Crippen molar-refractivity contribution in [1.29, 1.82) is 0 Å². The molecule has 0 unspecified atom stereocenters. The van der Waals surface area contributed by atoms with Crippen LogP contribution in [0.25, 0.3) is 88.3 Å². The lowest BCUT2D eigenvalue weighted by Crippen LogP contribution is -2.28. The van der Waals surface area contributed by atoms with Crippen LogP contribution in [0.3, 0.4) is 0 Å². The predicted molar refractivity (Wildman–Crippen MR) is 321 cm³/mol. The van der Waals surface area contributed by atoms with E-state index in [1.54, 1.807) is 0 Å². The largest absolute Gasteiger partial charge is 0.309 e. The van der Waals surface area contributed by atoms with Crippen molar-refractivity contribution < 1.29 is 0 Å². The second-order valence-corrected chi connectivity index (χ2v) is 19.8. The number of nitrogens with zero attached hydrogens (tertiary/aromatic N) is 1. The van der Waals surface area contributed by atoms with Gasteiger partial charge in [-0.25, -0.2) is 0 Å². The summed E-state index contributed by atoms with van der Waals surface area (Å²) in [7, 11) is 0. The molecule has 0 aromatic heterocycles. The number of hydrogen-bond acceptors (Lipinski definition) is 1. The van der Waals surface area contributed by atoms with Crippen LogP contribution in [0.1, 0.15) is 22.3 Å². The summed E-state index contributed by atoms with van der Waals surface area (Å²) in [5.41, 5.74) is 21.9. The average molecular weight is 966 g/mol. The molecule has 0 saturated heterocycles. The van der Waals surface area contributed by atoms with Crippen molar-refractivity contribution in [2.24, 2.45) is 0 Å². The molecule has 0 fully saturated rings. The van der Waals surface area contributed by atoms with Gasteiger partial charge in [0.05, 0.1) is 16.8 Å². The molecule has 0 N–H and O–H groups in total. The van der Waals surface area contributed by atoms with Crippen molar-refractivity contribution >= 4 is 38.6 Å². The first-order valence-corrected chi connectivity index (χ1v) is 26.3. The van der Waals surface area contributed by atoms with Crippen LogP contribution in [0.4, 0.5) is 17.1 Å². The third-order valence-electron chi connectivity index (χ3n) is 15.7. The van der Waals surface area contributed by atoms with Gasteiger partial charge in [-0.2, -0.15) is 0 Å². The summed E-state index contributed by atoms with van der Waals surface area (Å²) in [6.07, 6.45) is 0. The van der Waals surface area contributed by atoms with Crippen LogP contribution in [0, 0.1) is 0 Å². The minimum Gasteiger partial charge on any atom is -0.309 e. The maximum absolute atomic E-state index is 2.58. The Labute approximate surface area is 444 Å². The molecule has 0 radical (unpaired) electrons. The summed E-state index contributed by atoms with van der Waals surface area (Å²) in [6, 6.07) is 114. The molecule has 76 heavy (non-hydrogen) atoms. The van der Waals surface area contributed by atoms with Crippen molar-refractivity contribution in [3.63, 3.8) is 0 Å². The third kappa shape index (κ3) is 7.31. The first-order chi connectivity index (χ1) is 37.8. The Morgan fingerprint density at radius 3 is 1.26 bits per heavy atom. The molecule has 14 rings (SSSR count). The molecule has 356 valence electrons. The van der Waals surface area contributed by atoms with Crippen molar-refractivity contribution in [3.05, 3.63) is 332 Å². The monoisotopic (exact) mass is 965 g/mol. The van der Waals surface area contributed by atoms with Gasteiger partial charge in [0.25, 0.3) is 0 Å². The summed E-state index contributed by atoms with van der Waals surface area (Å²) in [5, 5.41) is 4.95. The van der Waals surface area contributed by atoms with Gasteiger partial charge in [-0.1, -0.05) is 285 Å². The molecular weight excluding hydrogens is 915 g/mol. The summed E-state index contributed by atoms with van der Waals surface area (Å²) in [6.45, 7) is 0. The van der Waals surface area contributed by atoms with Crippen LogP contribution in [0.15, 0.2) is 309 Å². The van der Waals surface area contributed by atoms with Crippen LogP contribution < -0.4 is 4.90 Å². The lowest BCUT2D eigenvalue weighted by atomic mass is 9.68. The highest BCUT2D eigenvalue weighted by Gasteiger charge is 2.47. The molecule has 1 nitrogen and oxygen atoms in total. The highest BCUT2D eigenvalue weighted by Crippen LogP contribution is 2.60. The minimum atomic E-state index is -0.580. The van der Waals surface area contributed by atoms with E-state index in [9.17, 15) is 0 Å². The van der Waals surface area contributed by atoms with Crippen LogP contribution >= 0.6 is 0 Å². The molecule has 0 heterocycles. The topological polar surface area (TPSA) is 3.24 Å². The van der Waals surface area contributed by atoms with Crippen molar-refractivity contribution in [2.75, 3.05) is 4.90 Å². The van der Waals surface area contributed by atoms with Gasteiger partial charge in [-0.15, -0.1) is 0 Å². The molecule has 0 atom stereocenters. The first kappa shape index (κ1) is 44.8. The van der Waals surface area contributed by atoms with Gasteiger partial charge in [-0.05, 0) is 118 Å². The molecule has 0 spiro atoms. The van der Waals surface area contributed by atoms with Gasteiger partial charge in [0, 0.05) is 22.4 Å². The molecular formula is C75H51N. The fourth-order valence-electron chi connectivity index (χ4n) is 12.5. The van der Waals surface area contributed by atoms with E-state index in [1.807, 2.05) is 0 Å². The lowest BCUT2D eigenvalue weighted by Gasteiger charge is -2.35. The number of fused-ring (bicyclic) bond motifs is 6. The summed E-state index contributed by atoms with van der Waals surface area (Å²) in [4.78, 5) is 2.58. The Balaban J connectivity index is 1.07. The molecule has 13 aromatic rings. The maximum Gasteiger partial charge on any atom is 0.0714 e. The van der Waals surface area contributed by atoms with Gasteiger partial charge >= 0.3 is 0 Å². The average Bonchev–Trinajstić information content (AvgIpc) is 3.92. The Kier molecular flexibility index (Phi) is 11.2. The molecule has 0 bridgehead atoms. The van der Waals surface area contributed by atoms with Gasteiger partial charge in [0.1, 0.15) is 0 Å². The van der Waals surface area contributed by atoms with Gasteiger partial charge in [-0.3, -0.25) is 0 Å². The van der Waals surface area contributed by atoms with E-state index in [2.05, 4.69) is 314 Å². The van der Waals surface area contributed by atoms with E-state index in [0.717, 1.165) is 50.4 Å². The van der Waals surface area contributed by atoms with E-state index in [0.29, 0.717) is 0 Å². The third-order valence-corrected chi connectivity index (χ3v) is 15.7. The number of rotatable bonds is 10. The SMILES string of the molecule is c1ccc(-c2cccc(-c3ccccc3)c2N(c2cccc(-c3ccc4c(c3)c(-c3ccccc3)c(-c3ccccc3)c3ccccc34)c2)c2cccc3c2-c2ccccc2C3(c2ccccc2)c2ccccc2)cc1. The van der Waals surface area contributed by atoms with E-state index >= 15 is 0 Å². The fraction of sp³-hybridized carbons (Fsp3) is 0.0133. The highest BCUT2D eigenvalue weighted by molar-refractivity contribution is 6.22. The summed E-state index contributed by atoms with van der Waals surface area (Å²) in [5.74, 6) is 0. The normalized spacial score (nSPS) is 12.3. The lowest BCUT2D eigenvalue weighted by molar-refractivity contribution is 0.768. The fourth-order valence-corrected chi connectivity index (χ4v) is 12.5. The van der Waals surface area contributed by atoms with Crippen LogP contribution in [-0.4, -0.2) is 0 Å². The molecule has 1 aliphatic carbocycles. The minimum absolute atomic E-state index is 0.580. The molecule has 0 aliphatic heterocycles. The Morgan fingerprint density at radius 1 is 0.237 bits per heavy atom. The molecule has 1 aliphatic rings. The maximum atomic E-state index is 2.58. The zero-order chi connectivity index (χ0) is 50.4. The van der Waals surface area contributed by atoms with Gasteiger partial charge in [0.15, 0.2) is 0 Å². The van der Waals surface area contributed by atoms with Crippen LogP contribution in [0.2, 0.25) is 0 Å². The number of hydrogen-bond donors (Lipinski definition) is 0. The Hall–Kier alpha value is -9.82. The highest BCUT2D eigenvalue weighted by atomic mass is 15.2. The zero-order valence-corrected chi connectivity index (χ0v) is 41.9. The van der Waals surface area contributed by atoms with Crippen LogP contribution in [0.5, 0.6) is 0 Å². The van der Waals surface area contributed by atoms with Crippen molar-refractivity contribution in [1.82, 2.24) is 0 Å². The van der Waals surface area contributed by atoms with Crippen LogP contribution in [-0.2, 0) is 5.41 Å². The predicted octanol–water partition coefficient (Wildman–Crippen LogP) is 20.2. The van der Waals surface area contributed by atoms with E-state index in [-0.39, 0.29) is 0 Å². The zero-order valence-electron chi connectivity index (χ0n) is 41.9. The summed E-state index contributed by atoms with van der Waals surface area (Å²) >= 11 is 0. The van der Waals surface area contributed by atoms with Crippen molar-refractivity contribution in [2.45, 2.75) is 5.41 Å². The smallest absolute Gasteiger partial charge is 0.0714 e. The van der Waals surface area contributed by atoms with Gasteiger partial charge < -0.3 is 4.90 Å². The molecule has 13 aromatic carbocycles. The van der Waals surface area contributed by atoms with E-state index in [4.69, 9.17) is 0 Å². The molecule has 1 heteroatoms. The number of benzene rings is 13. The molecule has 0 amide bonds. The second kappa shape index (κ2) is 18.9.